The molecule has 0 atom stereocenters. The van der Waals surface area contributed by atoms with E-state index < -0.39 is 0 Å². The number of hydrogen-bond acceptors (Lipinski definition) is 4. The summed E-state index contributed by atoms with van der Waals surface area (Å²) in [5.41, 5.74) is 2.98. The summed E-state index contributed by atoms with van der Waals surface area (Å²) in [6, 6.07) is 16.6. The van der Waals surface area contributed by atoms with E-state index in [1.54, 1.807) is 41.1 Å². The number of carbonyl (C=O) groups is 1. The van der Waals surface area contributed by atoms with Gasteiger partial charge in [0.25, 0.3) is 5.91 Å². The molecule has 0 radical (unpaired) electrons. The van der Waals surface area contributed by atoms with Crippen LogP contribution in [-0.4, -0.2) is 15.7 Å². The Labute approximate surface area is 189 Å². The highest BCUT2D eigenvalue weighted by Crippen LogP contribution is 2.25. The van der Waals surface area contributed by atoms with Crippen LogP contribution in [0.1, 0.15) is 33.3 Å². The van der Waals surface area contributed by atoms with E-state index in [1.807, 2.05) is 26.0 Å². The average Bonchev–Trinajstić information content (AvgIpc) is 3.35. The monoisotopic (exact) mass is 453 g/mol. The largest absolute Gasteiger partial charge is 0.484 e. The lowest BCUT2D eigenvalue weighted by molar-refractivity contribution is 0.0992. The van der Waals surface area contributed by atoms with Gasteiger partial charge in [-0.2, -0.15) is 5.10 Å². The summed E-state index contributed by atoms with van der Waals surface area (Å²) in [5, 5.41) is 7.87. The maximum absolute atomic E-state index is 13.1. The van der Waals surface area contributed by atoms with Crippen molar-refractivity contribution in [2.45, 2.75) is 27.0 Å². The molecule has 4 aromatic rings. The molecule has 0 bridgehead atoms. The molecule has 1 amide bonds. The second-order valence-electron chi connectivity index (χ2n) is 7.27. The maximum atomic E-state index is 13.1. The molecule has 2 aromatic heterocycles. The van der Waals surface area contributed by atoms with Gasteiger partial charge in [-0.25, -0.2) is 4.39 Å². The Kier molecular flexibility index (Phi) is 6.28. The van der Waals surface area contributed by atoms with E-state index in [0.717, 1.165) is 11.3 Å². The number of para-hydroxylation sites is 1. The molecule has 0 saturated heterocycles. The third-order valence-corrected chi connectivity index (χ3v) is 5.27. The van der Waals surface area contributed by atoms with Gasteiger partial charge in [0.1, 0.15) is 23.9 Å². The zero-order valence-electron chi connectivity index (χ0n) is 17.6. The standard InChI is InChI=1S/C24H21ClFN3O3/c1-15-23(16(2)29(28-15)13-17-7-9-18(26)10-8-17)27-24(30)22-12-11-19(32-22)14-31-21-6-4-3-5-20(21)25/h3-12H,13-14H2,1-2H3,(H,27,30). The van der Waals surface area contributed by atoms with Crippen LogP contribution in [0.15, 0.2) is 65.1 Å². The lowest BCUT2D eigenvalue weighted by atomic mass is 10.2. The molecule has 2 heterocycles. The van der Waals surface area contributed by atoms with E-state index in [1.165, 1.54) is 12.1 Å². The fourth-order valence-corrected chi connectivity index (χ4v) is 3.45. The van der Waals surface area contributed by atoms with Gasteiger partial charge in [0.2, 0.25) is 0 Å². The maximum Gasteiger partial charge on any atom is 0.291 e. The van der Waals surface area contributed by atoms with E-state index in [2.05, 4.69) is 10.4 Å². The molecule has 0 aliphatic rings. The zero-order chi connectivity index (χ0) is 22.7. The highest BCUT2D eigenvalue weighted by Gasteiger charge is 2.18. The van der Waals surface area contributed by atoms with E-state index in [9.17, 15) is 9.18 Å². The third-order valence-electron chi connectivity index (χ3n) is 4.96. The predicted molar refractivity (Wildman–Crippen MR) is 120 cm³/mol. The number of halogens is 2. The van der Waals surface area contributed by atoms with Crippen LogP contribution in [0, 0.1) is 19.7 Å². The molecule has 8 heteroatoms. The van der Waals surface area contributed by atoms with E-state index in [4.69, 9.17) is 20.8 Å². The number of ether oxygens (including phenoxy) is 1. The molecular weight excluding hydrogens is 433 g/mol. The Morgan fingerprint density at radius 1 is 1.12 bits per heavy atom. The molecule has 4 rings (SSSR count). The van der Waals surface area contributed by atoms with Crippen LogP contribution in [-0.2, 0) is 13.2 Å². The Morgan fingerprint density at radius 3 is 2.62 bits per heavy atom. The molecule has 2 aromatic carbocycles. The molecule has 32 heavy (non-hydrogen) atoms. The van der Waals surface area contributed by atoms with Gasteiger partial charge in [0.05, 0.1) is 28.6 Å². The van der Waals surface area contributed by atoms with Gasteiger partial charge in [0, 0.05) is 0 Å². The van der Waals surface area contributed by atoms with Crippen LogP contribution >= 0.6 is 11.6 Å². The van der Waals surface area contributed by atoms with Crippen molar-refractivity contribution in [3.05, 3.63) is 100.0 Å². The molecule has 0 saturated carbocycles. The molecule has 0 fully saturated rings. The van der Waals surface area contributed by atoms with Gasteiger partial charge in [0.15, 0.2) is 5.76 Å². The van der Waals surface area contributed by atoms with Crippen LogP contribution in [0.4, 0.5) is 10.1 Å². The number of amides is 1. The number of nitrogens with one attached hydrogen (secondary N) is 1. The molecular formula is C24H21ClFN3O3. The summed E-state index contributed by atoms with van der Waals surface area (Å²) in [6.45, 7) is 4.29. The van der Waals surface area contributed by atoms with Crippen LogP contribution in [0.3, 0.4) is 0 Å². The summed E-state index contributed by atoms with van der Waals surface area (Å²) < 4.78 is 26.2. The zero-order valence-corrected chi connectivity index (χ0v) is 18.3. The Morgan fingerprint density at radius 2 is 1.88 bits per heavy atom. The summed E-state index contributed by atoms with van der Waals surface area (Å²) in [4.78, 5) is 12.7. The highest BCUT2D eigenvalue weighted by molar-refractivity contribution is 6.32. The van der Waals surface area contributed by atoms with Gasteiger partial charge in [-0.3, -0.25) is 9.48 Å². The summed E-state index contributed by atoms with van der Waals surface area (Å²) in [6.07, 6.45) is 0. The lowest BCUT2D eigenvalue weighted by Crippen LogP contribution is -2.12. The quantitative estimate of drug-likeness (QED) is 0.386. The predicted octanol–water partition coefficient (Wildman–Crippen LogP) is 5.77. The minimum Gasteiger partial charge on any atom is -0.484 e. The van der Waals surface area contributed by atoms with Crippen molar-refractivity contribution in [3.8, 4) is 5.75 Å². The number of aromatic nitrogens is 2. The number of aryl methyl sites for hydroxylation is 1. The van der Waals surface area contributed by atoms with Crippen LogP contribution in [0.2, 0.25) is 5.02 Å². The first kappa shape index (κ1) is 21.6. The van der Waals surface area contributed by atoms with Crippen molar-refractivity contribution in [1.29, 1.82) is 0 Å². The molecule has 0 spiro atoms. The molecule has 6 nitrogen and oxygen atoms in total. The third kappa shape index (κ3) is 4.84. The average molecular weight is 454 g/mol. The van der Waals surface area contributed by atoms with E-state index in [-0.39, 0.29) is 24.1 Å². The molecule has 1 N–H and O–H groups in total. The Bertz CT molecular complexity index is 1250. The van der Waals surface area contributed by atoms with Gasteiger partial charge >= 0.3 is 0 Å². The molecule has 0 aliphatic heterocycles. The van der Waals surface area contributed by atoms with E-state index >= 15 is 0 Å². The van der Waals surface area contributed by atoms with Crippen molar-refractivity contribution in [2.24, 2.45) is 0 Å². The second-order valence-corrected chi connectivity index (χ2v) is 7.68. The van der Waals surface area contributed by atoms with Crippen molar-refractivity contribution in [3.63, 3.8) is 0 Å². The Balaban J connectivity index is 1.42. The molecule has 0 aliphatic carbocycles. The number of rotatable bonds is 7. The van der Waals surface area contributed by atoms with Crippen molar-refractivity contribution < 1.29 is 18.3 Å². The van der Waals surface area contributed by atoms with Crippen LogP contribution in [0.25, 0.3) is 0 Å². The summed E-state index contributed by atoms with van der Waals surface area (Å²) in [5.74, 6) is 0.520. The van der Waals surface area contributed by atoms with E-state index in [0.29, 0.717) is 34.5 Å². The number of benzene rings is 2. The number of furan rings is 1. The smallest absolute Gasteiger partial charge is 0.291 e. The minimum absolute atomic E-state index is 0.144. The normalized spacial score (nSPS) is 10.9. The number of anilines is 1. The first-order valence-electron chi connectivity index (χ1n) is 9.96. The van der Waals surface area contributed by atoms with Crippen molar-refractivity contribution in [2.75, 3.05) is 5.32 Å². The number of carbonyl (C=O) groups excluding carboxylic acids is 1. The topological polar surface area (TPSA) is 69.3 Å². The van der Waals surface area contributed by atoms with Gasteiger partial charge in [-0.15, -0.1) is 0 Å². The van der Waals surface area contributed by atoms with Gasteiger partial charge < -0.3 is 14.5 Å². The van der Waals surface area contributed by atoms with Crippen molar-refractivity contribution >= 4 is 23.2 Å². The number of nitrogens with zero attached hydrogens (tertiary/aromatic N) is 2. The highest BCUT2D eigenvalue weighted by atomic mass is 35.5. The van der Waals surface area contributed by atoms with Crippen molar-refractivity contribution in [1.82, 2.24) is 9.78 Å². The van der Waals surface area contributed by atoms with Gasteiger partial charge in [-0.05, 0) is 55.8 Å². The fraction of sp³-hybridized carbons (Fsp3) is 0.167. The van der Waals surface area contributed by atoms with Crippen LogP contribution < -0.4 is 10.1 Å². The lowest BCUT2D eigenvalue weighted by Gasteiger charge is -2.07. The SMILES string of the molecule is Cc1nn(Cc2ccc(F)cc2)c(C)c1NC(=O)c1ccc(COc2ccccc2Cl)o1. The molecule has 164 valence electrons. The van der Waals surface area contributed by atoms with Crippen LogP contribution in [0.5, 0.6) is 5.75 Å². The Hall–Kier alpha value is -3.58. The number of hydrogen-bond donors (Lipinski definition) is 1. The first-order valence-corrected chi connectivity index (χ1v) is 10.3. The molecule has 0 unspecified atom stereocenters. The van der Waals surface area contributed by atoms with Gasteiger partial charge in [-0.1, -0.05) is 35.9 Å². The fourth-order valence-electron chi connectivity index (χ4n) is 3.26. The minimum atomic E-state index is -0.387. The summed E-state index contributed by atoms with van der Waals surface area (Å²) >= 11 is 6.08. The summed E-state index contributed by atoms with van der Waals surface area (Å²) in [7, 11) is 0. The second kappa shape index (κ2) is 9.28. The first-order chi connectivity index (χ1) is 15.4.